The molecule has 0 radical (unpaired) electrons. The third-order valence-electron chi connectivity index (χ3n) is 9.55. The molecular weight excluding hydrogens is 652 g/mol. The number of ether oxygens (including phenoxy) is 1. The Bertz CT molecular complexity index is 1800. The molecule has 2 saturated heterocycles. The molecule has 7 rings (SSSR count). The predicted octanol–water partition coefficient (Wildman–Crippen LogP) is 9.25. The maximum atomic E-state index is 16.0. The Morgan fingerprint density at radius 1 is 1.00 bits per heavy atom. The van der Waals surface area contributed by atoms with E-state index in [0.717, 1.165) is 86.7 Å². The second-order valence-electron chi connectivity index (χ2n) is 13.0. The molecule has 0 amide bonds. The van der Waals surface area contributed by atoms with Crippen molar-refractivity contribution in [2.75, 3.05) is 37.6 Å². The molecule has 13 heteroatoms. The van der Waals surface area contributed by atoms with Gasteiger partial charge in [-0.1, -0.05) is 6.07 Å². The van der Waals surface area contributed by atoms with Gasteiger partial charge < -0.3 is 14.5 Å². The van der Waals surface area contributed by atoms with Crippen LogP contribution in [0.25, 0.3) is 22.5 Å². The zero-order valence-electron chi connectivity index (χ0n) is 25.9. The lowest BCUT2D eigenvalue weighted by Crippen LogP contribution is -2.50. The fourth-order valence-corrected chi connectivity index (χ4v) is 7.48. The van der Waals surface area contributed by atoms with E-state index in [0.29, 0.717) is 30.1 Å². The van der Waals surface area contributed by atoms with E-state index in [2.05, 4.69) is 19.2 Å². The fourth-order valence-electron chi connectivity index (χ4n) is 6.93. The van der Waals surface area contributed by atoms with E-state index < -0.39 is 40.7 Å². The summed E-state index contributed by atoms with van der Waals surface area (Å²) in [5, 5.41) is 0. The summed E-state index contributed by atoms with van der Waals surface area (Å²) in [6.07, 6.45) is 6.01. The normalized spacial score (nSPS) is 18.8. The van der Waals surface area contributed by atoms with Gasteiger partial charge in [0.1, 0.15) is 22.7 Å². The summed E-state index contributed by atoms with van der Waals surface area (Å²) in [4.78, 5) is 13.2. The van der Waals surface area contributed by atoms with Gasteiger partial charge in [0.05, 0.1) is 23.0 Å². The molecule has 252 valence electrons. The third-order valence-corrected chi connectivity index (χ3v) is 10.3. The maximum Gasteiger partial charge on any atom is 0.422 e. The van der Waals surface area contributed by atoms with Crippen LogP contribution in [0.3, 0.4) is 0 Å². The number of alkyl halides is 3. The standard InChI is InChI=1S/C35H33F6N5OS/c36-24-3-1-4-29(32(24)38)47-28-8-7-23(17-25(37)26-18-42-19-27(44-26)30-9-13-43-48-30)33(31(28)35(39,40)41)46-14-2-10-34(21-46)11-15-45(16-12-34)20-22-5-6-22/h1,3-4,7-9,13,17-19,22H,2,5-6,10-12,14-16,20-21H2/b25-17-. The van der Waals surface area contributed by atoms with E-state index >= 15 is 17.6 Å². The largest absolute Gasteiger partial charge is 0.453 e. The second-order valence-corrected chi connectivity index (χ2v) is 13.8. The summed E-state index contributed by atoms with van der Waals surface area (Å²) < 4.78 is 99.7. The van der Waals surface area contributed by atoms with Gasteiger partial charge in [-0.05, 0) is 111 Å². The zero-order valence-corrected chi connectivity index (χ0v) is 26.8. The van der Waals surface area contributed by atoms with Crippen LogP contribution in [0.1, 0.15) is 55.3 Å². The Hall–Kier alpha value is -3.97. The first-order valence-electron chi connectivity index (χ1n) is 16.0. The molecule has 2 aromatic carbocycles. The summed E-state index contributed by atoms with van der Waals surface area (Å²) in [6, 6.07) is 7.11. The van der Waals surface area contributed by atoms with Gasteiger partial charge in [0.15, 0.2) is 17.4 Å². The smallest absolute Gasteiger partial charge is 0.422 e. The van der Waals surface area contributed by atoms with Crippen LogP contribution in [0.5, 0.6) is 11.5 Å². The Balaban J connectivity index is 1.30. The number of benzene rings is 2. The molecule has 4 aromatic rings. The van der Waals surface area contributed by atoms with Gasteiger partial charge in [-0.2, -0.15) is 17.6 Å². The van der Waals surface area contributed by atoms with Crippen molar-refractivity contribution >= 4 is 29.1 Å². The lowest BCUT2D eigenvalue weighted by Gasteiger charge is -2.49. The Labute approximate surface area is 278 Å². The van der Waals surface area contributed by atoms with Crippen molar-refractivity contribution in [1.82, 2.24) is 19.2 Å². The highest BCUT2D eigenvalue weighted by Gasteiger charge is 2.44. The summed E-state index contributed by atoms with van der Waals surface area (Å²) >= 11 is 1.15. The molecule has 1 saturated carbocycles. The van der Waals surface area contributed by atoms with Crippen LogP contribution < -0.4 is 9.64 Å². The van der Waals surface area contributed by atoms with Crippen LogP contribution in [-0.4, -0.2) is 52.0 Å². The summed E-state index contributed by atoms with van der Waals surface area (Å²) in [5.74, 6) is -4.18. The van der Waals surface area contributed by atoms with Crippen LogP contribution in [0.4, 0.5) is 32.0 Å². The van der Waals surface area contributed by atoms with Crippen molar-refractivity contribution in [1.29, 1.82) is 0 Å². The molecule has 0 N–H and O–H groups in total. The van der Waals surface area contributed by atoms with Gasteiger partial charge >= 0.3 is 6.18 Å². The quantitative estimate of drug-likeness (QED) is 0.173. The number of halogens is 6. The van der Waals surface area contributed by atoms with E-state index in [9.17, 15) is 8.78 Å². The van der Waals surface area contributed by atoms with Crippen molar-refractivity contribution in [3.05, 3.63) is 83.4 Å². The van der Waals surface area contributed by atoms with Gasteiger partial charge in [0.2, 0.25) is 5.82 Å². The van der Waals surface area contributed by atoms with Crippen LogP contribution in [0, 0.1) is 23.0 Å². The molecule has 3 fully saturated rings. The van der Waals surface area contributed by atoms with Crippen molar-refractivity contribution in [3.63, 3.8) is 0 Å². The highest BCUT2D eigenvalue weighted by atomic mass is 32.1. The minimum absolute atomic E-state index is 0.0416. The highest BCUT2D eigenvalue weighted by Crippen LogP contribution is 2.50. The molecule has 0 unspecified atom stereocenters. The second kappa shape index (κ2) is 13.1. The van der Waals surface area contributed by atoms with Gasteiger partial charge in [-0.3, -0.25) is 4.98 Å². The molecule has 2 aromatic heterocycles. The molecule has 2 aliphatic heterocycles. The first-order chi connectivity index (χ1) is 23.1. The van der Waals surface area contributed by atoms with E-state index in [-0.39, 0.29) is 22.4 Å². The molecule has 4 heterocycles. The van der Waals surface area contributed by atoms with E-state index in [1.54, 1.807) is 17.2 Å². The molecule has 6 nitrogen and oxygen atoms in total. The average Bonchev–Trinajstić information content (AvgIpc) is 3.71. The fraction of sp³-hybridized carbons (Fsp3) is 0.400. The number of aromatic nitrogens is 3. The molecule has 1 spiro atoms. The topological polar surface area (TPSA) is 54.4 Å². The number of piperidine rings is 2. The van der Waals surface area contributed by atoms with Crippen LogP contribution in [0.2, 0.25) is 0 Å². The number of rotatable bonds is 8. The predicted molar refractivity (Wildman–Crippen MR) is 172 cm³/mol. The van der Waals surface area contributed by atoms with Crippen molar-refractivity contribution in [3.8, 4) is 22.1 Å². The van der Waals surface area contributed by atoms with E-state index in [1.165, 1.54) is 31.3 Å². The van der Waals surface area contributed by atoms with Gasteiger partial charge in [0.25, 0.3) is 0 Å². The van der Waals surface area contributed by atoms with Crippen molar-refractivity contribution in [2.45, 2.75) is 44.7 Å². The number of anilines is 1. The van der Waals surface area contributed by atoms with Crippen LogP contribution >= 0.6 is 11.5 Å². The minimum Gasteiger partial charge on any atom is -0.453 e. The van der Waals surface area contributed by atoms with E-state index in [1.807, 2.05) is 0 Å². The van der Waals surface area contributed by atoms with Crippen LogP contribution in [0.15, 0.2) is 55.0 Å². The number of likely N-dealkylation sites (tertiary alicyclic amines) is 1. The molecule has 1 aliphatic carbocycles. The molecule has 48 heavy (non-hydrogen) atoms. The molecule has 0 bridgehead atoms. The highest BCUT2D eigenvalue weighted by molar-refractivity contribution is 7.09. The maximum absolute atomic E-state index is 16.0. The van der Waals surface area contributed by atoms with Crippen molar-refractivity contribution in [2.24, 2.45) is 11.3 Å². The minimum atomic E-state index is -4.99. The lowest BCUT2D eigenvalue weighted by atomic mass is 9.72. The van der Waals surface area contributed by atoms with Crippen molar-refractivity contribution < 1.29 is 31.1 Å². The Morgan fingerprint density at radius 2 is 1.81 bits per heavy atom. The Kier molecular flexibility index (Phi) is 8.92. The molecule has 3 aliphatic rings. The molecule has 0 atom stereocenters. The summed E-state index contributed by atoms with van der Waals surface area (Å²) in [5.41, 5.74) is -1.47. The van der Waals surface area contributed by atoms with Crippen LogP contribution in [-0.2, 0) is 6.18 Å². The average molecular weight is 686 g/mol. The van der Waals surface area contributed by atoms with Gasteiger partial charge in [-0.15, -0.1) is 0 Å². The number of nitrogens with zero attached hydrogens (tertiary/aromatic N) is 5. The van der Waals surface area contributed by atoms with Gasteiger partial charge in [0, 0.05) is 31.4 Å². The first kappa shape index (κ1) is 32.6. The SMILES string of the molecule is F/C(=C\c1ccc(Oc2cccc(F)c2F)c(C(F)(F)F)c1N1CCCC2(CCN(CC3CC3)CC2)C1)c1cncc(-c2ccns2)n1. The first-order valence-corrected chi connectivity index (χ1v) is 16.8. The third kappa shape index (κ3) is 6.93. The number of hydrogen-bond donors (Lipinski definition) is 0. The van der Waals surface area contributed by atoms with E-state index in [4.69, 9.17) is 4.74 Å². The monoisotopic (exact) mass is 685 g/mol. The summed E-state index contributed by atoms with van der Waals surface area (Å²) in [7, 11) is 0. The zero-order chi connectivity index (χ0) is 33.5. The lowest BCUT2D eigenvalue weighted by molar-refractivity contribution is -0.138. The Morgan fingerprint density at radius 3 is 2.54 bits per heavy atom. The summed E-state index contributed by atoms with van der Waals surface area (Å²) in [6.45, 7) is 3.48. The van der Waals surface area contributed by atoms with Gasteiger partial charge in [-0.25, -0.2) is 18.1 Å². The number of hydrogen-bond acceptors (Lipinski definition) is 7. The molecular formula is C35H33F6N5OS.